The Labute approximate surface area is 162 Å². The molecular formula is C19H14BrNO4S. The van der Waals surface area contributed by atoms with E-state index in [-0.39, 0.29) is 21.9 Å². The molecule has 1 aromatic heterocycles. The maximum Gasteiger partial charge on any atom is 0.339 e. The van der Waals surface area contributed by atoms with Crippen molar-refractivity contribution in [2.24, 2.45) is 0 Å². The Balaban J connectivity index is 1.98. The van der Waals surface area contributed by atoms with Crippen LogP contribution in [0.25, 0.3) is 11.1 Å². The number of hydrogen-bond donors (Lipinski definition) is 3. The van der Waals surface area contributed by atoms with Crippen LogP contribution in [0.1, 0.15) is 26.3 Å². The first-order valence-corrected chi connectivity index (χ1v) is 9.25. The van der Waals surface area contributed by atoms with E-state index in [2.05, 4.69) is 21.2 Å². The van der Waals surface area contributed by atoms with Crippen molar-refractivity contribution < 1.29 is 19.8 Å². The molecule has 0 unspecified atom stereocenters. The summed E-state index contributed by atoms with van der Waals surface area (Å²) in [6, 6.07) is 11.9. The first kappa shape index (κ1) is 18.2. The molecule has 2 aromatic carbocycles. The van der Waals surface area contributed by atoms with Gasteiger partial charge in [0.1, 0.15) is 16.3 Å². The van der Waals surface area contributed by atoms with Crippen LogP contribution in [-0.2, 0) is 0 Å². The third-order valence-corrected chi connectivity index (χ3v) is 5.21. The Morgan fingerprint density at radius 1 is 1.12 bits per heavy atom. The number of aromatic carboxylic acids is 1. The molecule has 7 heteroatoms. The van der Waals surface area contributed by atoms with Gasteiger partial charge in [-0.1, -0.05) is 39.7 Å². The number of nitrogens with one attached hydrogen (secondary N) is 1. The predicted octanol–water partition coefficient (Wildman–Crippen LogP) is 5.14. The van der Waals surface area contributed by atoms with Gasteiger partial charge in [0.15, 0.2) is 0 Å². The van der Waals surface area contributed by atoms with Crippen LogP contribution < -0.4 is 5.32 Å². The maximum atomic E-state index is 12.5. The number of anilines is 1. The fourth-order valence-electron chi connectivity index (χ4n) is 2.51. The van der Waals surface area contributed by atoms with Crippen LogP contribution in [0.4, 0.5) is 5.00 Å². The molecule has 0 saturated heterocycles. The van der Waals surface area contributed by atoms with Gasteiger partial charge in [-0.2, -0.15) is 0 Å². The molecule has 0 aliphatic rings. The summed E-state index contributed by atoms with van der Waals surface area (Å²) < 4.78 is 0.886. The summed E-state index contributed by atoms with van der Waals surface area (Å²) in [5, 5.41) is 24.0. The van der Waals surface area contributed by atoms with E-state index < -0.39 is 11.9 Å². The molecule has 5 nitrogen and oxygen atoms in total. The predicted molar refractivity (Wildman–Crippen MR) is 105 cm³/mol. The number of amides is 1. The van der Waals surface area contributed by atoms with Crippen LogP contribution in [0.2, 0.25) is 0 Å². The van der Waals surface area contributed by atoms with E-state index in [4.69, 9.17) is 0 Å². The highest BCUT2D eigenvalue weighted by atomic mass is 79.9. The number of hydrogen-bond acceptors (Lipinski definition) is 4. The van der Waals surface area contributed by atoms with Crippen LogP contribution in [0.5, 0.6) is 5.75 Å². The zero-order chi connectivity index (χ0) is 18.8. The Hall–Kier alpha value is -2.64. The van der Waals surface area contributed by atoms with Crippen LogP contribution in [-0.4, -0.2) is 22.1 Å². The summed E-state index contributed by atoms with van der Waals surface area (Å²) in [6.07, 6.45) is 0. The molecule has 1 amide bonds. The van der Waals surface area contributed by atoms with Crippen LogP contribution in [0.15, 0.2) is 52.3 Å². The molecule has 0 aliphatic carbocycles. The Kier molecular flexibility index (Phi) is 5.11. The lowest BCUT2D eigenvalue weighted by molar-refractivity contribution is 0.0699. The van der Waals surface area contributed by atoms with E-state index in [1.165, 1.54) is 6.07 Å². The average Bonchev–Trinajstić information content (AvgIpc) is 3.01. The molecule has 0 bridgehead atoms. The van der Waals surface area contributed by atoms with Gasteiger partial charge in [-0.15, -0.1) is 11.3 Å². The lowest BCUT2D eigenvalue weighted by atomic mass is 10.0. The van der Waals surface area contributed by atoms with Crippen molar-refractivity contribution in [1.29, 1.82) is 0 Å². The minimum Gasteiger partial charge on any atom is -0.507 e. The Morgan fingerprint density at radius 2 is 1.81 bits per heavy atom. The van der Waals surface area contributed by atoms with Gasteiger partial charge in [0.05, 0.1) is 5.56 Å². The summed E-state index contributed by atoms with van der Waals surface area (Å²) in [6.45, 7) is 1.80. The van der Waals surface area contributed by atoms with Gasteiger partial charge in [0.2, 0.25) is 0 Å². The Morgan fingerprint density at radius 3 is 2.46 bits per heavy atom. The lowest BCUT2D eigenvalue weighted by Crippen LogP contribution is -2.14. The number of aromatic hydroxyl groups is 1. The van der Waals surface area contributed by atoms with E-state index >= 15 is 0 Å². The molecule has 3 aromatic rings. The second-order valence-corrected chi connectivity index (χ2v) is 7.44. The Bertz CT molecular complexity index is 995. The topological polar surface area (TPSA) is 86.6 Å². The quantitative estimate of drug-likeness (QED) is 0.533. The van der Waals surface area contributed by atoms with Gasteiger partial charge < -0.3 is 15.5 Å². The normalized spacial score (nSPS) is 10.5. The molecule has 0 radical (unpaired) electrons. The molecule has 3 rings (SSSR count). The number of carboxylic acids is 1. The van der Waals surface area contributed by atoms with Crippen molar-refractivity contribution in [1.82, 2.24) is 0 Å². The van der Waals surface area contributed by atoms with E-state index in [1.54, 1.807) is 36.6 Å². The lowest BCUT2D eigenvalue weighted by Gasteiger charge is -2.08. The van der Waals surface area contributed by atoms with Crippen LogP contribution in [0.3, 0.4) is 0 Å². The zero-order valence-electron chi connectivity index (χ0n) is 13.6. The van der Waals surface area contributed by atoms with Gasteiger partial charge in [-0.3, -0.25) is 4.79 Å². The van der Waals surface area contributed by atoms with Crippen LogP contribution in [0, 0.1) is 6.92 Å². The van der Waals surface area contributed by atoms with Gasteiger partial charge in [0, 0.05) is 15.4 Å². The van der Waals surface area contributed by atoms with Gasteiger partial charge in [0.25, 0.3) is 5.91 Å². The summed E-state index contributed by atoms with van der Waals surface area (Å²) in [7, 11) is 0. The number of thiophene rings is 1. The first-order chi connectivity index (χ1) is 12.4. The number of phenols is 1. The molecule has 0 fully saturated rings. The van der Waals surface area contributed by atoms with E-state index in [0.717, 1.165) is 26.9 Å². The minimum atomic E-state index is -1.13. The summed E-state index contributed by atoms with van der Waals surface area (Å²) >= 11 is 4.48. The third-order valence-electron chi connectivity index (χ3n) is 3.78. The largest absolute Gasteiger partial charge is 0.507 e. The number of carboxylic acid groups (broad SMARTS) is 1. The summed E-state index contributed by atoms with van der Waals surface area (Å²) in [4.78, 5) is 24.3. The van der Waals surface area contributed by atoms with E-state index in [9.17, 15) is 19.8 Å². The highest BCUT2D eigenvalue weighted by Gasteiger charge is 2.22. The number of rotatable bonds is 4. The molecule has 26 heavy (non-hydrogen) atoms. The summed E-state index contributed by atoms with van der Waals surface area (Å²) in [5.41, 5.74) is 2.20. The number of aryl methyl sites for hydroxylation is 1. The SMILES string of the molecule is Cc1ccc(O)c(C(=O)Nc2scc(-c3ccc(Br)cc3)c2C(=O)O)c1. The van der Waals surface area contributed by atoms with E-state index in [0.29, 0.717) is 5.56 Å². The molecule has 0 saturated carbocycles. The number of carbonyl (C=O) groups excluding carboxylic acids is 1. The minimum absolute atomic E-state index is 0.0258. The molecule has 0 spiro atoms. The van der Waals surface area contributed by atoms with E-state index in [1.807, 2.05) is 12.1 Å². The number of phenolic OH excluding ortho intramolecular Hbond substituents is 1. The van der Waals surface area contributed by atoms with Gasteiger partial charge >= 0.3 is 5.97 Å². The fourth-order valence-corrected chi connectivity index (χ4v) is 3.73. The summed E-state index contributed by atoms with van der Waals surface area (Å²) in [5.74, 6) is -1.85. The van der Waals surface area contributed by atoms with Crippen molar-refractivity contribution in [3.8, 4) is 16.9 Å². The smallest absolute Gasteiger partial charge is 0.339 e. The second-order valence-electron chi connectivity index (χ2n) is 5.64. The second kappa shape index (κ2) is 7.31. The van der Waals surface area contributed by atoms with Crippen molar-refractivity contribution in [3.05, 3.63) is 69.0 Å². The van der Waals surface area contributed by atoms with Crippen molar-refractivity contribution in [2.75, 3.05) is 5.32 Å². The number of halogens is 1. The number of carbonyl (C=O) groups is 2. The van der Waals surface area contributed by atoms with Crippen molar-refractivity contribution in [2.45, 2.75) is 6.92 Å². The molecule has 3 N–H and O–H groups in total. The molecule has 132 valence electrons. The van der Waals surface area contributed by atoms with Crippen molar-refractivity contribution >= 4 is 44.1 Å². The third kappa shape index (κ3) is 3.63. The molecular weight excluding hydrogens is 418 g/mol. The first-order valence-electron chi connectivity index (χ1n) is 7.58. The maximum absolute atomic E-state index is 12.5. The average molecular weight is 432 g/mol. The zero-order valence-corrected chi connectivity index (χ0v) is 16.0. The standard InChI is InChI=1S/C19H14BrNO4S/c1-10-2-7-15(22)13(8-10)17(23)21-18-16(19(24)25)14(9-26-18)11-3-5-12(20)6-4-11/h2-9,22H,1H3,(H,21,23)(H,24,25). The molecule has 0 aliphatic heterocycles. The fraction of sp³-hybridized carbons (Fsp3) is 0.0526. The molecule has 0 atom stereocenters. The number of benzene rings is 2. The highest BCUT2D eigenvalue weighted by molar-refractivity contribution is 9.10. The van der Waals surface area contributed by atoms with Crippen LogP contribution >= 0.6 is 27.3 Å². The molecule has 1 heterocycles. The van der Waals surface area contributed by atoms with Crippen molar-refractivity contribution in [3.63, 3.8) is 0 Å². The van der Waals surface area contributed by atoms with Gasteiger partial charge in [-0.05, 0) is 36.8 Å². The van der Waals surface area contributed by atoms with Gasteiger partial charge in [-0.25, -0.2) is 4.79 Å². The monoisotopic (exact) mass is 431 g/mol. The highest BCUT2D eigenvalue weighted by Crippen LogP contribution is 2.36.